The van der Waals surface area contributed by atoms with Crippen LogP contribution in [0.1, 0.15) is 38.3 Å². The molecule has 0 aliphatic carbocycles. The summed E-state index contributed by atoms with van der Waals surface area (Å²) in [6.07, 6.45) is 4.88. The smallest absolute Gasteiger partial charge is 0.164 e. The molecule has 0 aromatic carbocycles. The molecule has 0 radical (unpaired) electrons. The molecule has 32 heavy (non-hydrogen) atoms. The highest BCUT2D eigenvalue weighted by atomic mass is 16.6. The van der Waals surface area contributed by atoms with E-state index in [9.17, 15) is 10.2 Å². The van der Waals surface area contributed by atoms with Crippen molar-refractivity contribution in [2.75, 3.05) is 38.5 Å². The quantitative estimate of drug-likeness (QED) is 0.605. The number of nitrogens with two attached hydrogens (primary N) is 1. The number of aromatic nitrogens is 3. The maximum absolute atomic E-state index is 10.8. The Bertz CT molecular complexity index is 997. The van der Waals surface area contributed by atoms with Gasteiger partial charge in [0.15, 0.2) is 6.23 Å². The molecule has 4 N–H and O–H groups in total. The standard InChI is InChI=1S/C22H31N7O3/c23-7-2-8-27-11-5-22(6-12-27)4-1-9-28(22)13-16-17(30)18(31)21(32-16)29-10-3-15-19(24)25-14-26-20(15)29/h3,10,14,16-18,21,30-31H,1-2,4-6,8-9,11-13H2,(H2,24,25,26)/t16-,17-,18-,21-/m1/s1. The van der Waals surface area contributed by atoms with Crippen LogP contribution in [0, 0.1) is 11.3 Å². The van der Waals surface area contributed by atoms with Gasteiger partial charge in [0.05, 0.1) is 11.5 Å². The van der Waals surface area contributed by atoms with E-state index in [1.165, 1.54) is 6.33 Å². The predicted molar refractivity (Wildman–Crippen MR) is 117 cm³/mol. The van der Waals surface area contributed by atoms with Crippen molar-refractivity contribution in [3.8, 4) is 6.07 Å². The van der Waals surface area contributed by atoms with Gasteiger partial charge in [0.1, 0.15) is 36.1 Å². The number of anilines is 1. The average molecular weight is 442 g/mol. The number of hydrogen-bond donors (Lipinski definition) is 3. The van der Waals surface area contributed by atoms with Gasteiger partial charge < -0.3 is 30.2 Å². The molecule has 3 aliphatic rings. The Balaban J connectivity index is 1.28. The van der Waals surface area contributed by atoms with Gasteiger partial charge in [-0.3, -0.25) is 4.90 Å². The molecule has 0 saturated carbocycles. The molecule has 4 atom stereocenters. The number of aliphatic hydroxyl groups is 2. The molecule has 2 aromatic rings. The summed E-state index contributed by atoms with van der Waals surface area (Å²) < 4.78 is 7.95. The molecule has 5 rings (SSSR count). The summed E-state index contributed by atoms with van der Waals surface area (Å²) >= 11 is 0. The molecule has 0 unspecified atom stereocenters. The average Bonchev–Trinajstić information content (AvgIpc) is 3.47. The van der Waals surface area contributed by atoms with Gasteiger partial charge in [-0.05, 0) is 51.4 Å². The highest BCUT2D eigenvalue weighted by molar-refractivity contribution is 5.86. The van der Waals surface area contributed by atoms with Crippen LogP contribution in [0.5, 0.6) is 0 Å². The minimum atomic E-state index is -1.06. The van der Waals surface area contributed by atoms with Crippen molar-refractivity contribution in [2.24, 2.45) is 0 Å². The van der Waals surface area contributed by atoms with E-state index in [0.717, 1.165) is 51.9 Å². The van der Waals surface area contributed by atoms with Crippen molar-refractivity contribution < 1.29 is 14.9 Å². The van der Waals surface area contributed by atoms with Gasteiger partial charge in [-0.15, -0.1) is 0 Å². The first kappa shape index (κ1) is 21.6. The number of nitriles is 1. The van der Waals surface area contributed by atoms with E-state index in [1.807, 2.05) is 0 Å². The number of aliphatic hydroxyl groups excluding tert-OH is 2. The Morgan fingerprint density at radius 3 is 2.78 bits per heavy atom. The fourth-order valence-corrected chi connectivity index (χ4v) is 5.77. The van der Waals surface area contributed by atoms with E-state index in [2.05, 4.69) is 25.8 Å². The third-order valence-corrected chi connectivity index (χ3v) is 7.62. The fourth-order valence-electron chi connectivity index (χ4n) is 5.77. The van der Waals surface area contributed by atoms with Gasteiger partial charge in [0.2, 0.25) is 0 Å². The van der Waals surface area contributed by atoms with Crippen molar-refractivity contribution in [3.63, 3.8) is 0 Å². The van der Waals surface area contributed by atoms with Crippen molar-refractivity contribution >= 4 is 16.9 Å². The van der Waals surface area contributed by atoms with Gasteiger partial charge in [-0.1, -0.05) is 0 Å². The number of fused-ring (bicyclic) bond motifs is 1. The van der Waals surface area contributed by atoms with Crippen molar-refractivity contribution in [1.29, 1.82) is 5.26 Å². The van der Waals surface area contributed by atoms with Gasteiger partial charge in [-0.2, -0.15) is 5.26 Å². The van der Waals surface area contributed by atoms with Crippen molar-refractivity contribution in [3.05, 3.63) is 18.6 Å². The monoisotopic (exact) mass is 441 g/mol. The lowest BCUT2D eigenvalue weighted by Crippen LogP contribution is -2.54. The Morgan fingerprint density at radius 2 is 2.00 bits per heavy atom. The summed E-state index contributed by atoms with van der Waals surface area (Å²) in [5.41, 5.74) is 6.64. The van der Waals surface area contributed by atoms with Gasteiger partial charge in [-0.25, -0.2) is 9.97 Å². The summed E-state index contributed by atoms with van der Waals surface area (Å²) in [5.74, 6) is 0.374. The number of hydrogen-bond acceptors (Lipinski definition) is 9. The Hall–Kier alpha value is -2.29. The van der Waals surface area contributed by atoms with E-state index in [-0.39, 0.29) is 5.54 Å². The molecule has 0 amide bonds. The van der Waals surface area contributed by atoms with Crippen LogP contribution in [0.15, 0.2) is 18.6 Å². The molecule has 2 aromatic heterocycles. The normalized spacial score (nSPS) is 30.9. The van der Waals surface area contributed by atoms with E-state index >= 15 is 0 Å². The molecule has 1 spiro atoms. The zero-order valence-corrected chi connectivity index (χ0v) is 18.2. The second-order valence-electron chi connectivity index (χ2n) is 9.29. The Kier molecular flexibility index (Phi) is 5.77. The first-order valence-corrected chi connectivity index (χ1v) is 11.5. The maximum atomic E-state index is 10.8. The molecule has 3 saturated heterocycles. The third-order valence-electron chi connectivity index (χ3n) is 7.62. The van der Waals surface area contributed by atoms with Crippen LogP contribution in [0.3, 0.4) is 0 Å². The molecule has 5 heterocycles. The molecule has 172 valence electrons. The second-order valence-corrected chi connectivity index (χ2v) is 9.29. The number of likely N-dealkylation sites (tertiary alicyclic amines) is 2. The molecule has 10 heteroatoms. The Morgan fingerprint density at radius 1 is 1.19 bits per heavy atom. The topological polar surface area (TPSA) is 137 Å². The summed E-state index contributed by atoms with van der Waals surface area (Å²) in [6, 6.07) is 4.04. The second kappa shape index (κ2) is 8.57. The van der Waals surface area contributed by atoms with Gasteiger partial charge in [0.25, 0.3) is 0 Å². The summed E-state index contributed by atoms with van der Waals surface area (Å²) in [7, 11) is 0. The van der Waals surface area contributed by atoms with Crippen LogP contribution in [0.25, 0.3) is 11.0 Å². The van der Waals surface area contributed by atoms with E-state index in [4.69, 9.17) is 15.7 Å². The minimum absolute atomic E-state index is 0.122. The van der Waals surface area contributed by atoms with Crippen LogP contribution in [-0.4, -0.2) is 91.1 Å². The largest absolute Gasteiger partial charge is 0.387 e. The molecule has 3 fully saturated rings. The van der Waals surface area contributed by atoms with Crippen LogP contribution in [0.4, 0.5) is 5.82 Å². The molecule has 3 aliphatic heterocycles. The molecular weight excluding hydrogens is 410 g/mol. The SMILES string of the molecule is N#CCCN1CCC2(CCCN2C[C@H]2O[C@@H](n3ccc4c(N)ncnc43)[C@H](O)[C@@H]2O)CC1. The van der Waals surface area contributed by atoms with Crippen LogP contribution < -0.4 is 5.73 Å². The summed E-state index contributed by atoms with van der Waals surface area (Å²) in [6.45, 7) is 4.39. The van der Waals surface area contributed by atoms with Crippen LogP contribution in [-0.2, 0) is 4.74 Å². The summed E-state index contributed by atoms with van der Waals surface area (Å²) in [4.78, 5) is 13.1. The predicted octanol–water partition coefficient (Wildman–Crippen LogP) is 0.477. The Labute approximate surface area is 187 Å². The van der Waals surface area contributed by atoms with Crippen molar-refractivity contribution in [1.82, 2.24) is 24.3 Å². The van der Waals surface area contributed by atoms with Gasteiger partial charge >= 0.3 is 0 Å². The summed E-state index contributed by atoms with van der Waals surface area (Å²) in [5, 5.41) is 31.2. The number of nitrogens with zero attached hydrogens (tertiary/aromatic N) is 6. The van der Waals surface area contributed by atoms with Gasteiger partial charge in [0, 0.05) is 31.2 Å². The highest BCUT2D eigenvalue weighted by Gasteiger charge is 2.49. The minimum Gasteiger partial charge on any atom is -0.387 e. The van der Waals surface area contributed by atoms with Crippen LogP contribution in [0.2, 0.25) is 0 Å². The zero-order valence-electron chi connectivity index (χ0n) is 18.2. The molecule has 10 nitrogen and oxygen atoms in total. The lowest BCUT2D eigenvalue weighted by Gasteiger charge is -2.46. The molecule has 0 bridgehead atoms. The van der Waals surface area contributed by atoms with E-state index < -0.39 is 24.5 Å². The number of ether oxygens (including phenoxy) is 1. The number of nitrogen functional groups attached to an aromatic ring is 1. The highest BCUT2D eigenvalue weighted by Crippen LogP contribution is 2.40. The number of piperidine rings is 1. The number of rotatable bonds is 5. The lowest BCUT2D eigenvalue weighted by atomic mass is 9.84. The molecular formula is C22H31N7O3. The fraction of sp³-hybridized carbons (Fsp3) is 0.682. The first-order chi connectivity index (χ1) is 15.5. The third kappa shape index (κ3) is 3.64. The van der Waals surface area contributed by atoms with E-state index in [0.29, 0.717) is 29.8 Å². The van der Waals surface area contributed by atoms with Crippen LogP contribution >= 0.6 is 0 Å². The first-order valence-electron chi connectivity index (χ1n) is 11.5. The lowest BCUT2D eigenvalue weighted by molar-refractivity contribution is -0.0575. The van der Waals surface area contributed by atoms with Crippen molar-refractivity contribution in [2.45, 2.75) is 62.2 Å². The zero-order chi connectivity index (χ0) is 22.3. The maximum Gasteiger partial charge on any atom is 0.164 e. The van der Waals surface area contributed by atoms with E-state index in [1.54, 1.807) is 16.8 Å².